The van der Waals surface area contributed by atoms with E-state index in [0.717, 1.165) is 37.4 Å². The van der Waals surface area contributed by atoms with Gasteiger partial charge in [0.1, 0.15) is 6.80 Å². The van der Waals surface area contributed by atoms with Crippen LogP contribution in [0.15, 0.2) is 12.1 Å². The lowest BCUT2D eigenvalue weighted by Crippen LogP contribution is -2.19. The number of pyridine rings is 1. The number of aromatic nitrogens is 1. The molecule has 0 spiro atoms. The molecule has 1 aromatic rings. The lowest BCUT2D eigenvalue weighted by molar-refractivity contribution is 0.193. The Morgan fingerprint density at radius 1 is 1.50 bits per heavy atom. The fourth-order valence-corrected chi connectivity index (χ4v) is 2.33. The molecular formula is C14H21FN2O. The largest absolute Gasteiger partial charge is 0.381 e. The highest BCUT2D eigenvalue weighted by Gasteiger charge is 2.22. The van der Waals surface area contributed by atoms with Crippen LogP contribution in [0, 0.1) is 0 Å². The molecule has 1 unspecified atom stereocenters. The minimum atomic E-state index is -0.446. The van der Waals surface area contributed by atoms with Gasteiger partial charge in [-0.05, 0) is 31.5 Å². The van der Waals surface area contributed by atoms with Crippen molar-refractivity contribution in [3.05, 3.63) is 29.1 Å². The predicted octanol–water partition coefficient (Wildman–Crippen LogP) is 2.51. The number of hydrogen-bond donors (Lipinski definition) is 0. The number of aryl methyl sites for hydroxylation is 1. The quantitative estimate of drug-likeness (QED) is 0.753. The highest BCUT2D eigenvalue weighted by molar-refractivity contribution is 5.27. The summed E-state index contributed by atoms with van der Waals surface area (Å²) < 4.78 is 18.1. The van der Waals surface area contributed by atoms with Crippen molar-refractivity contribution >= 4 is 0 Å². The molecule has 0 N–H and O–H groups in total. The van der Waals surface area contributed by atoms with Gasteiger partial charge in [-0.2, -0.15) is 0 Å². The summed E-state index contributed by atoms with van der Waals surface area (Å²) in [6.07, 6.45) is 1.95. The minimum Gasteiger partial charge on any atom is -0.381 e. The number of nitrogens with zero attached hydrogens (tertiary/aromatic N) is 2. The van der Waals surface area contributed by atoms with Gasteiger partial charge in [0.25, 0.3) is 0 Å². The molecule has 4 heteroatoms. The van der Waals surface area contributed by atoms with Crippen molar-refractivity contribution in [3.8, 4) is 0 Å². The van der Waals surface area contributed by atoms with Gasteiger partial charge in [-0.25, -0.2) is 4.39 Å². The molecular weight excluding hydrogens is 231 g/mol. The van der Waals surface area contributed by atoms with Crippen LogP contribution in [0.4, 0.5) is 4.39 Å². The summed E-state index contributed by atoms with van der Waals surface area (Å²) in [6, 6.07) is 4.22. The smallest absolute Gasteiger partial charge is 0.143 e. The molecule has 3 nitrogen and oxygen atoms in total. The summed E-state index contributed by atoms with van der Waals surface area (Å²) >= 11 is 0. The molecule has 100 valence electrons. The standard InChI is InChI=1S/C14H21FN2O/c1-3-12-4-5-13(11-6-7-18-9-11)14(16-12)8-17(2)10-15/h4-5,11H,3,6-10H2,1-2H3. The number of rotatable bonds is 5. The number of halogens is 1. The number of alkyl halides is 1. The van der Waals surface area contributed by atoms with Gasteiger partial charge in [0.15, 0.2) is 0 Å². The first kappa shape index (κ1) is 13.4. The van der Waals surface area contributed by atoms with E-state index in [2.05, 4.69) is 24.0 Å². The van der Waals surface area contributed by atoms with Crippen molar-refractivity contribution in [1.29, 1.82) is 0 Å². The van der Waals surface area contributed by atoms with Crippen molar-refractivity contribution in [2.24, 2.45) is 0 Å². The lowest BCUT2D eigenvalue weighted by Gasteiger charge is -2.18. The molecule has 2 rings (SSSR count). The van der Waals surface area contributed by atoms with Gasteiger partial charge in [-0.1, -0.05) is 13.0 Å². The highest BCUT2D eigenvalue weighted by atomic mass is 19.1. The molecule has 18 heavy (non-hydrogen) atoms. The summed E-state index contributed by atoms with van der Waals surface area (Å²) in [4.78, 5) is 6.30. The van der Waals surface area contributed by atoms with E-state index in [1.165, 1.54) is 5.56 Å². The molecule has 0 bridgehead atoms. The third-order valence-electron chi connectivity index (χ3n) is 3.42. The van der Waals surface area contributed by atoms with Crippen LogP contribution in [0.2, 0.25) is 0 Å². The molecule has 1 atom stereocenters. The fourth-order valence-electron chi connectivity index (χ4n) is 2.33. The van der Waals surface area contributed by atoms with Crippen LogP contribution in [-0.4, -0.2) is 36.9 Å². The molecule has 1 aliphatic heterocycles. The number of hydrogen-bond acceptors (Lipinski definition) is 3. The Hall–Kier alpha value is -1.00. The normalized spacial score (nSPS) is 19.7. The van der Waals surface area contributed by atoms with Crippen LogP contribution >= 0.6 is 0 Å². The van der Waals surface area contributed by atoms with Crippen molar-refractivity contribution in [1.82, 2.24) is 9.88 Å². The third kappa shape index (κ3) is 3.06. The van der Waals surface area contributed by atoms with Gasteiger partial charge in [0.2, 0.25) is 0 Å². The van der Waals surface area contributed by atoms with E-state index in [1.54, 1.807) is 11.9 Å². The van der Waals surface area contributed by atoms with Gasteiger partial charge < -0.3 is 4.74 Å². The van der Waals surface area contributed by atoms with Gasteiger partial charge in [-0.15, -0.1) is 0 Å². The Morgan fingerprint density at radius 3 is 2.94 bits per heavy atom. The topological polar surface area (TPSA) is 25.4 Å². The second-order valence-electron chi connectivity index (χ2n) is 4.89. The van der Waals surface area contributed by atoms with Crippen molar-refractivity contribution < 1.29 is 9.13 Å². The van der Waals surface area contributed by atoms with Gasteiger partial charge in [-0.3, -0.25) is 9.88 Å². The second-order valence-corrected chi connectivity index (χ2v) is 4.89. The summed E-state index contributed by atoms with van der Waals surface area (Å²) in [7, 11) is 1.77. The zero-order valence-corrected chi connectivity index (χ0v) is 11.2. The van der Waals surface area contributed by atoms with E-state index in [9.17, 15) is 4.39 Å². The van der Waals surface area contributed by atoms with E-state index in [0.29, 0.717) is 12.5 Å². The van der Waals surface area contributed by atoms with Crippen LogP contribution in [0.25, 0.3) is 0 Å². The Labute approximate surface area is 108 Å². The molecule has 0 aliphatic carbocycles. The molecule has 0 aromatic carbocycles. The van der Waals surface area contributed by atoms with Crippen molar-refractivity contribution in [2.75, 3.05) is 27.1 Å². The van der Waals surface area contributed by atoms with Crippen LogP contribution in [0.5, 0.6) is 0 Å². The molecule has 1 aromatic heterocycles. The number of ether oxygens (including phenoxy) is 1. The molecule has 1 fully saturated rings. The van der Waals surface area contributed by atoms with Crippen LogP contribution in [0.3, 0.4) is 0 Å². The lowest BCUT2D eigenvalue weighted by atomic mass is 9.96. The summed E-state index contributed by atoms with van der Waals surface area (Å²) in [5, 5.41) is 0. The van der Waals surface area contributed by atoms with Gasteiger partial charge in [0, 0.05) is 24.8 Å². The van der Waals surface area contributed by atoms with Crippen molar-refractivity contribution in [2.45, 2.75) is 32.2 Å². The third-order valence-corrected chi connectivity index (χ3v) is 3.42. The SMILES string of the molecule is CCc1ccc(C2CCOC2)c(CN(C)CF)n1. The maximum Gasteiger partial charge on any atom is 0.143 e. The maximum absolute atomic E-state index is 12.6. The minimum absolute atomic E-state index is 0.423. The Kier molecular flexibility index (Phi) is 4.66. The Bertz CT molecular complexity index is 391. The van der Waals surface area contributed by atoms with E-state index in [1.807, 2.05) is 0 Å². The maximum atomic E-state index is 12.6. The molecule has 2 heterocycles. The first-order chi connectivity index (χ1) is 8.74. The average Bonchev–Trinajstić information content (AvgIpc) is 2.92. The predicted molar refractivity (Wildman–Crippen MR) is 69.2 cm³/mol. The fraction of sp³-hybridized carbons (Fsp3) is 0.643. The average molecular weight is 252 g/mol. The highest BCUT2D eigenvalue weighted by Crippen LogP contribution is 2.28. The second kappa shape index (κ2) is 6.25. The summed E-state index contributed by atoms with van der Waals surface area (Å²) in [5.41, 5.74) is 3.30. The summed E-state index contributed by atoms with van der Waals surface area (Å²) in [6.45, 7) is 3.79. The molecule has 0 saturated carbocycles. The van der Waals surface area contributed by atoms with Gasteiger partial charge in [0.05, 0.1) is 12.3 Å². The van der Waals surface area contributed by atoms with E-state index < -0.39 is 6.80 Å². The van der Waals surface area contributed by atoms with Crippen LogP contribution < -0.4 is 0 Å². The summed E-state index contributed by atoms with van der Waals surface area (Å²) in [5.74, 6) is 0.423. The van der Waals surface area contributed by atoms with E-state index in [-0.39, 0.29) is 0 Å². The van der Waals surface area contributed by atoms with Crippen LogP contribution in [0.1, 0.15) is 36.2 Å². The zero-order chi connectivity index (χ0) is 13.0. The van der Waals surface area contributed by atoms with E-state index >= 15 is 0 Å². The Balaban J connectivity index is 2.25. The molecule has 1 saturated heterocycles. The van der Waals surface area contributed by atoms with E-state index in [4.69, 9.17) is 4.74 Å². The van der Waals surface area contributed by atoms with Crippen molar-refractivity contribution in [3.63, 3.8) is 0 Å². The zero-order valence-electron chi connectivity index (χ0n) is 11.2. The first-order valence-electron chi connectivity index (χ1n) is 6.55. The Morgan fingerprint density at radius 2 is 2.33 bits per heavy atom. The molecule has 0 amide bonds. The van der Waals surface area contributed by atoms with Crippen LogP contribution in [-0.2, 0) is 17.7 Å². The van der Waals surface area contributed by atoms with Gasteiger partial charge >= 0.3 is 0 Å². The monoisotopic (exact) mass is 252 g/mol. The first-order valence-corrected chi connectivity index (χ1v) is 6.55. The molecule has 1 aliphatic rings. The molecule has 0 radical (unpaired) electrons.